The summed E-state index contributed by atoms with van der Waals surface area (Å²) in [6.45, 7) is 0. The Labute approximate surface area is 213 Å². The molecule has 2 aliphatic carbocycles. The van der Waals surface area contributed by atoms with Gasteiger partial charge in [-0.15, -0.1) is 0 Å². The normalized spacial score (nSPS) is 11.7. The summed E-state index contributed by atoms with van der Waals surface area (Å²) in [6.07, 6.45) is 6.08. The van der Waals surface area contributed by atoms with Crippen molar-refractivity contribution in [2.45, 2.75) is 12.8 Å². The van der Waals surface area contributed by atoms with Crippen molar-refractivity contribution in [3.8, 4) is 22.3 Å². The summed E-state index contributed by atoms with van der Waals surface area (Å²) >= 11 is 1.12. The molecule has 0 saturated carbocycles. The van der Waals surface area contributed by atoms with Crippen molar-refractivity contribution in [2.24, 2.45) is 0 Å². The molecule has 0 amide bonds. The predicted octanol–water partition coefficient (Wildman–Crippen LogP) is -0.324. The fraction of sp³-hybridized carbons (Fsp3) is 0.0800. The Morgan fingerprint density at radius 2 is 1.55 bits per heavy atom. The van der Waals surface area contributed by atoms with Gasteiger partial charge in [-0.3, -0.25) is 0 Å². The zero-order chi connectivity index (χ0) is 19.5. The van der Waals surface area contributed by atoms with Crippen LogP contribution in [0.25, 0.3) is 22.3 Å². The molecule has 152 valence electrons. The van der Waals surface area contributed by atoms with Crippen LogP contribution in [0.1, 0.15) is 22.3 Å². The molecule has 0 atom stereocenters. The number of benzene rings is 3. The first-order valence-electron chi connectivity index (χ1n) is 9.71. The Morgan fingerprint density at radius 3 is 2.42 bits per heavy atom. The number of hydrogen-bond donors (Lipinski definition) is 0. The zero-order valence-electron chi connectivity index (χ0n) is 16.3. The maximum absolute atomic E-state index is 6.37. The summed E-state index contributed by atoms with van der Waals surface area (Å²) in [6, 6.07) is 22.1. The third-order valence-electron chi connectivity index (χ3n) is 6.09. The van der Waals surface area contributed by atoms with Gasteiger partial charge in [-0.1, -0.05) is 0 Å². The van der Waals surface area contributed by atoms with Crippen LogP contribution in [0.5, 0.6) is 0 Å². The number of hydrogen-bond acceptors (Lipinski definition) is 2. The van der Waals surface area contributed by atoms with Crippen molar-refractivity contribution in [1.29, 1.82) is 0 Å². The summed E-state index contributed by atoms with van der Waals surface area (Å²) in [7, 11) is 6.37. The molecule has 4 aromatic rings. The summed E-state index contributed by atoms with van der Waals surface area (Å²) in [4.78, 5) is 4.63. The molecule has 2 aliphatic rings. The minimum absolute atomic E-state index is 0. The van der Waals surface area contributed by atoms with E-state index in [1.807, 2.05) is 6.20 Å². The van der Waals surface area contributed by atoms with E-state index in [2.05, 4.69) is 87.8 Å². The first kappa shape index (κ1) is 23.1. The fourth-order valence-corrected chi connectivity index (χ4v) is 11.5. The van der Waals surface area contributed by atoms with Gasteiger partial charge in [-0.25, -0.2) is 0 Å². The molecule has 6 rings (SSSR count). The van der Waals surface area contributed by atoms with Crippen LogP contribution in [0.15, 0.2) is 77.5 Å². The molecule has 0 aliphatic heterocycles. The topological polar surface area (TPSA) is 12.9 Å². The first-order valence-corrected chi connectivity index (χ1v) is 16.4. The minimum atomic E-state index is -2.50. The van der Waals surface area contributed by atoms with Gasteiger partial charge in [-0.2, -0.15) is 0 Å². The number of aromatic nitrogens is 1. The Bertz CT molecular complexity index is 1360. The van der Waals surface area contributed by atoms with Gasteiger partial charge in [0, 0.05) is 0 Å². The quantitative estimate of drug-likeness (QED) is 0.269. The van der Waals surface area contributed by atoms with Crippen LogP contribution in [0.2, 0.25) is 0 Å². The Balaban J connectivity index is 0.00000116. The van der Waals surface area contributed by atoms with Crippen LogP contribution >= 0.6 is 24.8 Å². The number of pyridine rings is 1. The van der Waals surface area contributed by atoms with Crippen molar-refractivity contribution in [1.82, 2.24) is 4.98 Å². The monoisotopic (exact) mass is 601 g/mol. The van der Waals surface area contributed by atoms with Crippen LogP contribution in [0.4, 0.5) is 0 Å². The molecule has 0 radical (unpaired) electrons. The third kappa shape index (κ3) is 3.75. The molecule has 6 heteroatoms. The van der Waals surface area contributed by atoms with Gasteiger partial charge in [0.25, 0.3) is 0 Å². The van der Waals surface area contributed by atoms with E-state index in [1.54, 1.807) is 0 Å². The molecule has 3 aromatic carbocycles. The molecule has 31 heavy (non-hydrogen) atoms. The van der Waals surface area contributed by atoms with Crippen LogP contribution in [0, 0.1) is 0 Å². The summed E-state index contributed by atoms with van der Waals surface area (Å²) in [5.41, 5.74) is 11.0. The van der Waals surface area contributed by atoms with Crippen molar-refractivity contribution < 1.29 is 44.5 Å². The fourth-order valence-electron chi connectivity index (χ4n) is 4.79. The van der Waals surface area contributed by atoms with Crippen LogP contribution < -0.4 is 31.4 Å². The molecule has 0 spiro atoms. The van der Waals surface area contributed by atoms with Crippen LogP contribution in [-0.2, 0) is 32.6 Å². The summed E-state index contributed by atoms with van der Waals surface area (Å²) in [5, 5.41) is 0. The van der Waals surface area contributed by atoms with Crippen molar-refractivity contribution in [3.63, 3.8) is 0 Å². The van der Waals surface area contributed by atoms with Gasteiger partial charge in [-0.05, 0) is 0 Å². The second-order valence-electron chi connectivity index (χ2n) is 7.69. The summed E-state index contributed by atoms with van der Waals surface area (Å²) in [5.74, 6) is 0. The molecule has 0 unspecified atom stereocenters. The molecular formula is C25H16BrCl2NSZr. The molecule has 0 N–H and O–H groups in total. The third-order valence-corrected chi connectivity index (χ3v) is 13.7. The van der Waals surface area contributed by atoms with E-state index in [1.165, 1.54) is 51.1 Å². The van der Waals surface area contributed by atoms with E-state index in [0.717, 1.165) is 17.3 Å². The van der Waals surface area contributed by atoms with Crippen LogP contribution in [0.3, 0.4) is 0 Å². The van der Waals surface area contributed by atoms with Gasteiger partial charge in [0.2, 0.25) is 0 Å². The summed E-state index contributed by atoms with van der Waals surface area (Å²) < 4.78 is 3.93. The SMILES string of the molecule is [Cl-].[Cl-].[S]=[Zr+2]([c]1cncc2c1Cc1cc(Br)ccc1-2)[c]1cccc2c1-c1ccccc1C2. The van der Waals surface area contributed by atoms with Crippen molar-refractivity contribution in [2.75, 3.05) is 0 Å². The van der Waals surface area contributed by atoms with Gasteiger partial charge in [0.15, 0.2) is 0 Å². The average molecular weight is 605 g/mol. The molecule has 0 bridgehead atoms. The molecule has 0 fully saturated rings. The maximum atomic E-state index is 6.37. The van der Waals surface area contributed by atoms with Crippen molar-refractivity contribution in [3.05, 3.63) is 99.8 Å². The number of rotatable bonds is 2. The zero-order valence-corrected chi connectivity index (χ0v) is 22.7. The van der Waals surface area contributed by atoms with E-state index in [-0.39, 0.29) is 24.8 Å². The van der Waals surface area contributed by atoms with Crippen molar-refractivity contribution >= 4 is 31.3 Å². The second kappa shape index (κ2) is 9.08. The van der Waals surface area contributed by atoms with Gasteiger partial charge >= 0.3 is 191 Å². The first-order chi connectivity index (χ1) is 14.2. The Morgan fingerprint density at radius 1 is 0.742 bits per heavy atom. The Hall–Kier alpha value is -1.03. The standard InChI is InChI=1S/C13H9.C12H7BrN.2ClH.S.Zr/c1-3-7-12-10(5-1)9-11-6-2-4-8-13(11)12;13-10-1-2-11-9(6-10)5-8-3-4-14-7-12(8)11;;;;/h1-7H,9H2;1-2,4,6-7H,5H2;2*1H;;/q;;;;;+2/p-2. The van der Waals surface area contributed by atoms with Crippen LogP contribution in [-0.4, -0.2) is 4.98 Å². The molecule has 0 saturated heterocycles. The van der Waals surface area contributed by atoms with Gasteiger partial charge in [0.05, 0.1) is 0 Å². The van der Waals surface area contributed by atoms with Gasteiger partial charge in [0.1, 0.15) is 0 Å². The second-order valence-corrected chi connectivity index (χ2v) is 15.3. The molecule has 1 heterocycles. The molecule has 1 nitrogen and oxygen atoms in total. The van der Waals surface area contributed by atoms with E-state index in [0.29, 0.717) is 0 Å². The van der Waals surface area contributed by atoms with E-state index in [4.69, 9.17) is 8.86 Å². The number of halogens is 3. The van der Waals surface area contributed by atoms with E-state index < -0.39 is 19.7 Å². The van der Waals surface area contributed by atoms with E-state index >= 15 is 0 Å². The molecule has 1 aromatic heterocycles. The van der Waals surface area contributed by atoms with E-state index in [9.17, 15) is 0 Å². The van der Waals surface area contributed by atoms with Gasteiger partial charge < -0.3 is 24.8 Å². The predicted molar refractivity (Wildman–Crippen MR) is 122 cm³/mol. The average Bonchev–Trinajstić information content (AvgIpc) is 3.30. The number of fused-ring (bicyclic) bond motifs is 6. The number of nitrogens with zero attached hydrogens (tertiary/aromatic N) is 1. The molecular weight excluding hydrogens is 588 g/mol. The Kier molecular flexibility index (Phi) is 6.78.